The second-order valence-electron chi connectivity index (χ2n) is 16.0. The Balaban J connectivity index is 3.07. The third-order valence-electron chi connectivity index (χ3n) is 7.90. The monoisotopic (exact) mass is 752 g/mol. The van der Waals surface area contributed by atoms with Crippen LogP contribution in [0.25, 0.3) is 0 Å². The summed E-state index contributed by atoms with van der Waals surface area (Å²) in [6.07, 6.45) is 8.46. The molecule has 0 aliphatic rings. The van der Waals surface area contributed by atoms with Gasteiger partial charge in [-0.3, -0.25) is 28.2 Å². The summed E-state index contributed by atoms with van der Waals surface area (Å²) in [4.78, 5) is 54.7. The molecule has 3 N–H and O–H groups in total. The number of nitrogens with one attached hydrogen (secondary N) is 3. The molecule has 0 heterocycles. The van der Waals surface area contributed by atoms with Crippen LogP contribution in [0.5, 0.6) is 5.75 Å². The quantitative estimate of drug-likeness (QED) is 0.0769. The summed E-state index contributed by atoms with van der Waals surface area (Å²) >= 11 is 0. The highest BCUT2D eigenvalue weighted by atomic mass is 31.2. The fourth-order valence-corrected chi connectivity index (χ4v) is 7.28. The summed E-state index contributed by atoms with van der Waals surface area (Å²) in [7, 11) is -4.02. The normalized spacial score (nSPS) is 13.9. The fourth-order valence-electron chi connectivity index (χ4n) is 5.45. The Kier molecular flexibility index (Phi) is 20.2. The van der Waals surface area contributed by atoms with Gasteiger partial charge in [-0.15, -0.1) is 0 Å². The number of carbonyl (C=O) groups is 4. The number of rotatable bonds is 23. The molecular weight excluding hydrogens is 683 g/mol. The van der Waals surface area contributed by atoms with E-state index in [-0.39, 0.29) is 24.0 Å². The Bertz CT molecular complexity index is 1270. The number of nitrogens with zero attached hydrogens (tertiary/aromatic N) is 1. The van der Waals surface area contributed by atoms with Crippen molar-refractivity contribution in [3.05, 3.63) is 29.8 Å². The minimum atomic E-state index is -4.02. The maximum Gasteiger partial charge on any atom is 0.531 e. The molecule has 1 aromatic carbocycles. The maximum atomic E-state index is 13.6. The van der Waals surface area contributed by atoms with Gasteiger partial charge in [0.1, 0.15) is 23.9 Å². The van der Waals surface area contributed by atoms with Crippen LogP contribution in [0.15, 0.2) is 24.3 Å². The Labute approximate surface area is 313 Å². The molecule has 3 atom stereocenters. The topological polar surface area (TPSA) is 152 Å². The largest absolute Gasteiger partial charge is 0.531 e. The molecule has 0 saturated heterocycles. The van der Waals surface area contributed by atoms with E-state index in [9.17, 15) is 23.7 Å². The molecule has 0 aromatic heterocycles. The molecule has 0 fully saturated rings. The lowest BCUT2D eigenvalue weighted by Gasteiger charge is -2.30. The van der Waals surface area contributed by atoms with Crippen molar-refractivity contribution >= 4 is 31.5 Å². The van der Waals surface area contributed by atoms with Crippen molar-refractivity contribution in [3.8, 4) is 5.75 Å². The first-order chi connectivity index (χ1) is 24.1. The molecule has 0 bridgehead atoms. The standard InChI is InChI=1S/C39H69N4O8P/c1-13-15-17-19-25-43(26-20-18-16-14-2)37(47)29(5)40-36(46)34(28(3)4)42-35(45)33(41-30(6)44)27-31-21-23-32(24-22-31)49-52(48,50-38(7,8)9)51-39(10,11)12/h21-24,28-29,33-34H,13-20,25-27H2,1-12H3,(H,40,46)(H,41,44)(H,42,45)/t29-,33-,34-/m0/s1. The summed E-state index contributed by atoms with van der Waals surface area (Å²) in [5, 5.41) is 8.34. The average molecular weight is 753 g/mol. The van der Waals surface area contributed by atoms with Gasteiger partial charge in [-0.1, -0.05) is 78.4 Å². The van der Waals surface area contributed by atoms with Crippen LogP contribution in [0.1, 0.15) is 140 Å². The molecule has 298 valence electrons. The Hall–Kier alpha value is -2.95. The number of hydrogen-bond donors (Lipinski definition) is 3. The van der Waals surface area contributed by atoms with Gasteiger partial charge in [-0.05, 0) is 84.9 Å². The van der Waals surface area contributed by atoms with E-state index in [2.05, 4.69) is 29.8 Å². The molecule has 1 rings (SSSR count). The van der Waals surface area contributed by atoms with Gasteiger partial charge in [-0.2, -0.15) is 0 Å². The van der Waals surface area contributed by atoms with Crippen LogP contribution in [0, 0.1) is 5.92 Å². The number of phosphoric acid groups is 1. The molecule has 13 heteroatoms. The van der Waals surface area contributed by atoms with Gasteiger partial charge < -0.3 is 25.4 Å². The number of amides is 4. The van der Waals surface area contributed by atoms with Crippen molar-refractivity contribution in [1.82, 2.24) is 20.9 Å². The molecule has 1 aromatic rings. The van der Waals surface area contributed by atoms with Crippen LogP contribution >= 0.6 is 7.82 Å². The van der Waals surface area contributed by atoms with E-state index in [0.717, 1.165) is 51.4 Å². The Morgan fingerprint density at radius 1 is 0.731 bits per heavy atom. The number of carbonyl (C=O) groups excluding carboxylic acids is 4. The lowest BCUT2D eigenvalue weighted by atomic mass is 10.0. The highest BCUT2D eigenvalue weighted by molar-refractivity contribution is 7.49. The molecule has 0 radical (unpaired) electrons. The maximum absolute atomic E-state index is 13.6. The molecule has 12 nitrogen and oxygen atoms in total. The Morgan fingerprint density at radius 2 is 1.23 bits per heavy atom. The highest BCUT2D eigenvalue weighted by Gasteiger charge is 2.39. The average Bonchev–Trinajstić information content (AvgIpc) is 3.00. The van der Waals surface area contributed by atoms with Crippen LogP contribution in [0.4, 0.5) is 0 Å². The first-order valence-electron chi connectivity index (χ1n) is 19.1. The third-order valence-corrected chi connectivity index (χ3v) is 9.87. The Morgan fingerprint density at radius 3 is 1.65 bits per heavy atom. The van der Waals surface area contributed by atoms with Crippen molar-refractivity contribution in [3.63, 3.8) is 0 Å². The summed E-state index contributed by atoms with van der Waals surface area (Å²) in [6, 6.07) is 3.83. The highest BCUT2D eigenvalue weighted by Crippen LogP contribution is 2.55. The van der Waals surface area contributed by atoms with Gasteiger partial charge in [0.25, 0.3) is 0 Å². The van der Waals surface area contributed by atoms with Gasteiger partial charge in [0, 0.05) is 26.4 Å². The molecular formula is C39H69N4O8P. The van der Waals surface area contributed by atoms with Crippen LogP contribution in [0.3, 0.4) is 0 Å². The molecule has 52 heavy (non-hydrogen) atoms. The molecule has 0 unspecified atom stereocenters. The smallest absolute Gasteiger partial charge is 0.404 e. The van der Waals surface area contributed by atoms with Crippen molar-refractivity contribution < 1.29 is 37.3 Å². The van der Waals surface area contributed by atoms with Gasteiger partial charge >= 0.3 is 7.82 Å². The molecule has 0 saturated carbocycles. The fraction of sp³-hybridized carbons (Fsp3) is 0.744. The summed E-state index contributed by atoms with van der Waals surface area (Å²) < 4.78 is 30.7. The van der Waals surface area contributed by atoms with Crippen molar-refractivity contribution in [2.45, 2.75) is 170 Å². The van der Waals surface area contributed by atoms with Gasteiger partial charge in [0.2, 0.25) is 23.6 Å². The molecule has 0 aliphatic heterocycles. The predicted octanol–water partition coefficient (Wildman–Crippen LogP) is 7.49. The molecule has 0 aliphatic carbocycles. The minimum absolute atomic E-state index is 0.104. The van der Waals surface area contributed by atoms with Crippen LogP contribution in [-0.2, 0) is 39.2 Å². The molecule has 0 spiro atoms. The zero-order valence-electron chi connectivity index (χ0n) is 34.1. The molecule has 4 amide bonds. The number of benzene rings is 1. The van der Waals surface area contributed by atoms with Crippen LogP contribution in [-0.4, -0.2) is 70.9 Å². The van der Waals surface area contributed by atoms with E-state index >= 15 is 0 Å². The third kappa shape index (κ3) is 19.2. The SMILES string of the molecule is CCCCCCN(CCCCCC)C(=O)[C@H](C)NC(=O)[C@@H](NC(=O)[C@H](Cc1ccc(OP(=O)(OC(C)(C)C)OC(C)(C)C)cc1)NC(C)=O)C(C)C. The second-order valence-corrected chi connectivity index (χ2v) is 17.4. The summed E-state index contributed by atoms with van der Waals surface area (Å²) in [5.74, 6) is -1.63. The zero-order chi connectivity index (χ0) is 39.7. The van der Waals surface area contributed by atoms with E-state index in [1.807, 2.05) is 18.7 Å². The van der Waals surface area contributed by atoms with Gasteiger partial charge in [0.15, 0.2) is 0 Å². The van der Waals surface area contributed by atoms with E-state index < -0.39 is 54.9 Å². The van der Waals surface area contributed by atoms with E-state index in [1.165, 1.54) is 6.92 Å². The van der Waals surface area contributed by atoms with E-state index in [1.54, 1.807) is 72.7 Å². The van der Waals surface area contributed by atoms with Gasteiger partial charge in [0.05, 0.1) is 11.2 Å². The lowest BCUT2D eigenvalue weighted by Crippen LogP contribution is -2.58. The van der Waals surface area contributed by atoms with Crippen molar-refractivity contribution in [2.24, 2.45) is 5.92 Å². The van der Waals surface area contributed by atoms with Crippen LogP contribution in [0.2, 0.25) is 0 Å². The summed E-state index contributed by atoms with van der Waals surface area (Å²) in [6.45, 7) is 22.7. The van der Waals surface area contributed by atoms with Crippen molar-refractivity contribution in [1.29, 1.82) is 0 Å². The van der Waals surface area contributed by atoms with E-state index in [4.69, 9.17) is 13.6 Å². The van der Waals surface area contributed by atoms with Crippen LogP contribution < -0.4 is 20.5 Å². The minimum Gasteiger partial charge on any atom is -0.404 e. The second kappa shape index (κ2) is 22.3. The van der Waals surface area contributed by atoms with Crippen molar-refractivity contribution in [2.75, 3.05) is 13.1 Å². The first-order valence-corrected chi connectivity index (χ1v) is 20.5. The number of hydrogen-bond acceptors (Lipinski definition) is 8. The van der Waals surface area contributed by atoms with E-state index in [0.29, 0.717) is 18.7 Å². The number of unbranched alkanes of at least 4 members (excludes halogenated alkanes) is 6. The number of phosphoric ester groups is 1. The predicted molar refractivity (Wildman–Crippen MR) is 207 cm³/mol. The van der Waals surface area contributed by atoms with Gasteiger partial charge in [-0.25, -0.2) is 4.57 Å². The lowest BCUT2D eigenvalue weighted by molar-refractivity contribution is -0.137. The zero-order valence-corrected chi connectivity index (χ0v) is 35.0. The summed E-state index contributed by atoms with van der Waals surface area (Å²) in [5.41, 5.74) is -0.937. The first kappa shape index (κ1) is 47.1.